The van der Waals surface area contributed by atoms with Crippen LogP contribution in [0.15, 0.2) is 24.5 Å². The molecule has 0 aliphatic carbocycles. The van der Waals surface area contributed by atoms with E-state index in [2.05, 4.69) is 35.1 Å². The minimum absolute atomic E-state index is 0.0110. The Balaban J connectivity index is 1.70. The van der Waals surface area contributed by atoms with Gasteiger partial charge in [0, 0.05) is 44.0 Å². The van der Waals surface area contributed by atoms with Crippen molar-refractivity contribution >= 4 is 27.5 Å². The van der Waals surface area contributed by atoms with Gasteiger partial charge in [-0.2, -0.15) is 14.3 Å². The number of anilines is 3. The summed E-state index contributed by atoms with van der Waals surface area (Å²) in [5, 5.41) is 3.08. The molecular weight excluding hydrogens is 501 g/mol. The zero-order chi connectivity index (χ0) is 26.9. The van der Waals surface area contributed by atoms with Gasteiger partial charge in [0.25, 0.3) is 0 Å². The molecule has 3 aromatic heterocycles. The predicted octanol–water partition coefficient (Wildman–Crippen LogP) is 2.14. The highest BCUT2D eigenvalue weighted by molar-refractivity contribution is 7.88. The number of nitrogens with zero attached hydrogens (tertiary/aromatic N) is 7. The molecule has 198 valence electrons. The van der Waals surface area contributed by atoms with Crippen LogP contribution >= 0.6 is 0 Å². The summed E-state index contributed by atoms with van der Waals surface area (Å²) in [6, 6.07) is 3.06. The maximum atomic E-state index is 14.3. The van der Waals surface area contributed by atoms with Crippen LogP contribution in [0.5, 0.6) is 5.88 Å². The minimum atomic E-state index is -3.25. The molecule has 1 unspecified atom stereocenters. The average Bonchev–Trinajstić information content (AvgIpc) is 2.83. The van der Waals surface area contributed by atoms with Gasteiger partial charge in [-0.25, -0.2) is 27.8 Å². The lowest BCUT2D eigenvalue weighted by atomic mass is 10.0. The van der Waals surface area contributed by atoms with Gasteiger partial charge in [-0.15, -0.1) is 0 Å². The van der Waals surface area contributed by atoms with Crippen LogP contribution in [-0.4, -0.2) is 81.6 Å². The first-order valence-corrected chi connectivity index (χ1v) is 13.5. The molecule has 0 aromatic carbocycles. The first-order valence-electron chi connectivity index (χ1n) is 11.6. The second-order valence-electron chi connectivity index (χ2n) is 8.95. The van der Waals surface area contributed by atoms with Crippen molar-refractivity contribution in [2.75, 3.05) is 44.1 Å². The van der Waals surface area contributed by atoms with Gasteiger partial charge >= 0.3 is 0 Å². The maximum Gasteiger partial charge on any atom is 0.250 e. The lowest BCUT2D eigenvalue weighted by molar-refractivity contribution is 0.0906. The van der Waals surface area contributed by atoms with Crippen LogP contribution in [0.4, 0.5) is 21.8 Å². The van der Waals surface area contributed by atoms with Crippen LogP contribution in [0.1, 0.15) is 31.3 Å². The van der Waals surface area contributed by atoms with Crippen LogP contribution < -0.4 is 15.8 Å². The third-order valence-corrected chi connectivity index (χ3v) is 7.54. The summed E-state index contributed by atoms with van der Waals surface area (Å²) in [5.74, 6) is 0.452. The summed E-state index contributed by atoms with van der Waals surface area (Å²) < 4.78 is 44.7. The highest BCUT2D eigenvalue weighted by atomic mass is 32.2. The van der Waals surface area contributed by atoms with Gasteiger partial charge in [-0.3, -0.25) is 4.90 Å². The van der Waals surface area contributed by atoms with Crippen LogP contribution in [-0.2, 0) is 10.0 Å². The van der Waals surface area contributed by atoms with Gasteiger partial charge in [0.15, 0.2) is 11.6 Å². The number of nitrogens with one attached hydrogen (secondary N) is 1. The molecule has 14 heteroatoms. The highest BCUT2D eigenvalue weighted by Crippen LogP contribution is 2.33. The third-order valence-electron chi connectivity index (χ3n) is 6.27. The monoisotopic (exact) mass is 531 g/mol. The summed E-state index contributed by atoms with van der Waals surface area (Å²) in [7, 11) is -1.91. The number of aromatic nitrogens is 5. The summed E-state index contributed by atoms with van der Waals surface area (Å²) in [6.45, 7) is 7.13. The SMILES string of the molecule is COc1ncc(Nc2ncc([C@@H](C)N3CCN(S(C)(=O)=O)CC3C)cc2-c2nc(C)nc(N)n2)cc1F. The molecule has 4 rings (SSSR count). The van der Waals surface area contributed by atoms with Gasteiger partial charge in [0.2, 0.25) is 21.9 Å². The zero-order valence-corrected chi connectivity index (χ0v) is 22.1. The Kier molecular flexibility index (Phi) is 7.52. The Hall–Kier alpha value is -3.49. The molecule has 0 bridgehead atoms. The summed E-state index contributed by atoms with van der Waals surface area (Å²) in [5.41, 5.74) is 7.67. The number of piperazine rings is 1. The number of ether oxygens (including phenoxy) is 1. The van der Waals surface area contributed by atoms with Crippen molar-refractivity contribution in [2.45, 2.75) is 32.9 Å². The van der Waals surface area contributed by atoms with E-state index < -0.39 is 15.8 Å². The second-order valence-corrected chi connectivity index (χ2v) is 10.9. The molecule has 0 spiro atoms. The first kappa shape index (κ1) is 26.6. The van der Waals surface area contributed by atoms with E-state index in [4.69, 9.17) is 10.5 Å². The molecule has 37 heavy (non-hydrogen) atoms. The van der Waals surface area contributed by atoms with E-state index in [1.54, 1.807) is 13.1 Å². The number of methoxy groups -OCH3 is 1. The number of rotatable bonds is 7. The van der Waals surface area contributed by atoms with E-state index in [9.17, 15) is 12.8 Å². The van der Waals surface area contributed by atoms with E-state index in [0.717, 1.165) is 5.56 Å². The van der Waals surface area contributed by atoms with Gasteiger partial charge in [-0.05, 0) is 32.4 Å². The van der Waals surface area contributed by atoms with E-state index >= 15 is 0 Å². The molecule has 0 amide bonds. The molecule has 3 aromatic rings. The molecule has 3 N–H and O–H groups in total. The normalized spacial score (nSPS) is 17.9. The number of halogens is 1. The molecule has 1 fully saturated rings. The molecule has 1 saturated heterocycles. The summed E-state index contributed by atoms with van der Waals surface area (Å²) >= 11 is 0. The molecule has 0 saturated carbocycles. The lowest BCUT2D eigenvalue weighted by Crippen LogP contribution is -2.53. The van der Waals surface area contributed by atoms with Crippen molar-refractivity contribution in [2.24, 2.45) is 0 Å². The number of pyridine rings is 2. The maximum absolute atomic E-state index is 14.3. The summed E-state index contributed by atoms with van der Waals surface area (Å²) in [4.78, 5) is 23.6. The number of nitrogens with two attached hydrogens (primary N) is 1. The smallest absolute Gasteiger partial charge is 0.250 e. The molecular formula is C23H30FN9O3S. The zero-order valence-electron chi connectivity index (χ0n) is 21.3. The molecule has 1 aliphatic rings. The highest BCUT2D eigenvalue weighted by Gasteiger charge is 2.32. The number of nitrogen functional groups attached to an aromatic ring is 1. The number of sulfonamides is 1. The van der Waals surface area contributed by atoms with Crippen molar-refractivity contribution in [1.29, 1.82) is 0 Å². The van der Waals surface area contributed by atoms with Gasteiger partial charge in [0.05, 0.1) is 30.8 Å². The van der Waals surface area contributed by atoms with E-state index in [1.165, 1.54) is 29.9 Å². The number of hydrogen-bond acceptors (Lipinski definition) is 11. The predicted molar refractivity (Wildman–Crippen MR) is 137 cm³/mol. The van der Waals surface area contributed by atoms with Crippen molar-refractivity contribution in [3.8, 4) is 17.3 Å². The minimum Gasteiger partial charge on any atom is -0.479 e. The molecule has 4 heterocycles. The lowest BCUT2D eigenvalue weighted by Gasteiger charge is -2.42. The van der Waals surface area contributed by atoms with Crippen LogP contribution in [0.2, 0.25) is 0 Å². The van der Waals surface area contributed by atoms with Crippen LogP contribution in [0.25, 0.3) is 11.4 Å². The molecule has 1 aliphatic heterocycles. The number of hydrogen-bond donors (Lipinski definition) is 2. The third kappa shape index (κ3) is 5.92. The van der Waals surface area contributed by atoms with Crippen molar-refractivity contribution in [3.63, 3.8) is 0 Å². The fourth-order valence-corrected chi connectivity index (χ4v) is 5.29. The molecule has 0 radical (unpaired) electrons. The molecule has 2 atom stereocenters. The van der Waals surface area contributed by atoms with E-state index in [-0.39, 0.29) is 23.9 Å². The second kappa shape index (κ2) is 10.5. The Labute approximate surface area is 215 Å². The van der Waals surface area contributed by atoms with Gasteiger partial charge < -0.3 is 15.8 Å². The average molecular weight is 532 g/mol. The van der Waals surface area contributed by atoms with Crippen molar-refractivity contribution < 1.29 is 17.5 Å². The fourth-order valence-electron chi connectivity index (χ4n) is 4.39. The quantitative estimate of drug-likeness (QED) is 0.461. The van der Waals surface area contributed by atoms with Crippen molar-refractivity contribution in [1.82, 2.24) is 34.1 Å². The van der Waals surface area contributed by atoms with Crippen molar-refractivity contribution in [3.05, 3.63) is 41.7 Å². The Morgan fingerprint density at radius 2 is 1.95 bits per heavy atom. The van der Waals surface area contributed by atoms with E-state index in [0.29, 0.717) is 48.4 Å². The largest absolute Gasteiger partial charge is 0.479 e. The van der Waals surface area contributed by atoms with Gasteiger partial charge in [-0.1, -0.05) is 0 Å². The first-order chi connectivity index (χ1) is 17.5. The topological polar surface area (TPSA) is 152 Å². The number of aryl methyl sites for hydroxylation is 1. The summed E-state index contributed by atoms with van der Waals surface area (Å²) in [6.07, 6.45) is 4.38. The Morgan fingerprint density at radius 1 is 1.19 bits per heavy atom. The van der Waals surface area contributed by atoms with Crippen LogP contribution in [0.3, 0.4) is 0 Å². The molecule has 12 nitrogen and oxygen atoms in total. The van der Waals surface area contributed by atoms with Crippen LogP contribution in [0, 0.1) is 12.7 Å². The Bertz CT molecular complexity index is 1390. The Morgan fingerprint density at radius 3 is 2.57 bits per heavy atom. The fraction of sp³-hybridized carbons (Fsp3) is 0.435. The van der Waals surface area contributed by atoms with Gasteiger partial charge in [0.1, 0.15) is 11.6 Å². The standard InChI is InChI=1S/C23H30FN9O3S/c1-13-12-32(37(5,34)35)6-7-33(13)14(2)16-8-18(21-28-15(3)29-23(25)31-21)20(26-10-16)30-17-9-19(24)22(36-4)27-11-17/h8-11,13-14H,6-7,12H2,1-5H3,(H,26,30)(H2,25,28,29,31)/t13?,14-/m1/s1. The van der Waals surface area contributed by atoms with E-state index in [1.807, 2.05) is 19.9 Å².